The molecule has 1 N–H and O–H groups in total. The van der Waals surface area contributed by atoms with Crippen molar-refractivity contribution in [2.45, 2.75) is 26.7 Å². The van der Waals surface area contributed by atoms with Crippen LogP contribution in [0, 0.1) is 0 Å². The summed E-state index contributed by atoms with van der Waals surface area (Å²) in [5.41, 5.74) is 2.40. The maximum absolute atomic E-state index is 12.0. The van der Waals surface area contributed by atoms with Crippen molar-refractivity contribution < 1.29 is 9.59 Å². The van der Waals surface area contributed by atoms with E-state index in [2.05, 4.69) is 12.2 Å². The first kappa shape index (κ1) is 13.7. The molecule has 4 nitrogen and oxygen atoms in total. The Kier molecular flexibility index (Phi) is 4.32. The number of nitrogens with one attached hydrogen (secondary N) is 1. The Labute approximate surface area is 113 Å². The molecule has 1 amide bonds. The number of hydrogen-bond donors (Lipinski definition) is 1. The topological polar surface area (TPSA) is 49.4 Å². The molecule has 1 aliphatic heterocycles. The predicted molar refractivity (Wildman–Crippen MR) is 75.7 cm³/mol. The third kappa shape index (κ3) is 2.68. The Morgan fingerprint density at radius 2 is 1.95 bits per heavy atom. The fourth-order valence-corrected chi connectivity index (χ4v) is 2.28. The number of benzene rings is 1. The van der Waals surface area contributed by atoms with Crippen molar-refractivity contribution in [1.29, 1.82) is 0 Å². The Hall–Kier alpha value is -1.68. The van der Waals surface area contributed by atoms with Crippen LogP contribution in [0.3, 0.4) is 0 Å². The van der Waals surface area contributed by atoms with Crippen LogP contribution in [0.4, 0.5) is 5.69 Å². The molecular formula is C15H20N2O2. The van der Waals surface area contributed by atoms with Gasteiger partial charge in [0.25, 0.3) is 11.7 Å². The smallest absolute Gasteiger partial charge is 0.299 e. The molecule has 0 aliphatic carbocycles. The third-order valence-corrected chi connectivity index (χ3v) is 3.38. The fraction of sp³-hybridized carbons (Fsp3) is 0.467. The number of rotatable bonds is 6. The second kappa shape index (κ2) is 5.97. The number of ketones is 1. The molecule has 0 unspecified atom stereocenters. The summed E-state index contributed by atoms with van der Waals surface area (Å²) in [6.45, 7) is 6.32. The highest BCUT2D eigenvalue weighted by atomic mass is 16.2. The average Bonchev–Trinajstić information content (AvgIpc) is 2.67. The van der Waals surface area contributed by atoms with Gasteiger partial charge in [-0.3, -0.25) is 9.59 Å². The SMILES string of the molecule is CCCNCCN1C(=O)C(=O)c2cc(CC)ccc21. The molecular weight excluding hydrogens is 240 g/mol. The molecule has 1 aliphatic rings. The van der Waals surface area contributed by atoms with Crippen molar-refractivity contribution in [2.75, 3.05) is 24.5 Å². The van der Waals surface area contributed by atoms with Crippen molar-refractivity contribution in [1.82, 2.24) is 5.32 Å². The highest BCUT2D eigenvalue weighted by molar-refractivity contribution is 6.52. The molecule has 2 rings (SSSR count). The zero-order chi connectivity index (χ0) is 13.8. The van der Waals surface area contributed by atoms with Crippen LogP contribution in [0.1, 0.15) is 36.2 Å². The number of aryl methyl sites for hydroxylation is 1. The van der Waals surface area contributed by atoms with Crippen LogP contribution in [0.5, 0.6) is 0 Å². The molecule has 4 heteroatoms. The standard InChI is InChI=1S/C15H20N2O2/c1-3-7-16-8-9-17-13-6-5-11(4-2)10-12(13)14(18)15(17)19/h5-6,10,16H,3-4,7-9H2,1-2H3. The van der Waals surface area contributed by atoms with Gasteiger partial charge in [0.2, 0.25) is 0 Å². The molecule has 0 aromatic heterocycles. The number of carbonyl (C=O) groups is 2. The molecule has 0 radical (unpaired) electrons. The summed E-state index contributed by atoms with van der Waals surface area (Å²) < 4.78 is 0. The predicted octanol–water partition coefficient (Wildman–Crippen LogP) is 1.78. The van der Waals surface area contributed by atoms with Crippen LogP contribution in [-0.2, 0) is 11.2 Å². The first-order chi connectivity index (χ1) is 9.19. The van der Waals surface area contributed by atoms with Gasteiger partial charge in [-0.05, 0) is 37.1 Å². The van der Waals surface area contributed by atoms with Crippen LogP contribution in [-0.4, -0.2) is 31.3 Å². The summed E-state index contributed by atoms with van der Waals surface area (Å²) >= 11 is 0. The van der Waals surface area contributed by atoms with Crippen LogP contribution in [0.2, 0.25) is 0 Å². The Morgan fingerprint density at radius 3 is 2.63 bits per heavy atom. The fourth-order valence-electron chi connectivity index (χ4n) is 2.28. The van der Waals surface area contributed by atoms with E-state index in [9.17, 15) is 9.59 Å². The maximum atomic E-state index is 12.0. The zero-order valence-corrected chi connectivity index (χ0v) is 11.5. The first-order valence-electron chi connectivity index (χ1n) is 6.88. The summed E-state index contributed by atoms with van der Waals surface area (Å²) in [5.74, 6) is -0.776. The molecule has 0 spiro atoms. The molecule has 102 valence electrons. The van der Waals surface area contributed by atoms with Crippen LogP contribution in [0.25, 0.3) is 0 Å². The van der Waals surface area contributed by atoms with E-state index in [0.29, 0.717) is 18.7 Å². The number of fused-ring (bicyclic) bond motifs is 1. The number of carbonyl (C=O) groups excluding carboxylic acids is 2. The third-order valence-electron chi connectivity index (χ3n) is 3.38. The highest BCUT2D eigenvalue weighted by Crippen LogP contribution is 2.29. The highest BCUT2D eigenvalue weighted by Gasteiger charge is 2.35. The Balaban J connectivity index is 2.15. The van der Waals surface area contributed by atoms with E-state index in [1.165, 1.54) is 0 Å². The molecule has 0 saturated carbocycles. The molecule has 19 heavy (non-hydrogen) atoms. The van der Waals surface area contributed by atoms with Gasteiger partial charge >= 0.3 is 0 Å². The first-order valence-corrected chi connectivity index (χ1v) is 6.88. The second-order valence-electron chi connectivity index (χ2n) is 4.74. The average molecular weight is 260 g/mol. The van der Waals surface area contributed by atoms with E-state index in [1.54, 1.807) is 4.90 Å². The van der Waals surface area contributed by atoms with E-state index < -0.39 is 5.91 Å². The molecule has 0 bridgehead atoms. The summed E-state index contributed by atoms with van der Waals surface area (Å²) in [6, 6.07) is 5.71. The van der Waals surface area contributed by atoms with E-state index in [1.807, 2.05) is 25.1 Å². The molecule has 0 saturated heterocycles. The van der Waals surface area contributed by atoms with Crippen molar-refractivity contribution in [3.63, 3.8) is 0 Å². The lowest BCUT2D eigenvalue weighted by molar-refractivity contribution is -0.114. The number of hydrogen-bond acceptors (Lipinski definition) is 3. The minimum atomic E-state index is -0.401. The lowest BCUT2D eigenvalue weighted by Gasteiger charge is -2.16. The van der Waals surface area contributed by atoms with Gasteiger partial charge in [-0.15, -0.1) is 0 Å². The Bertz CT molecular complexity index is 497. The number of amides is 1. The monoisotopic (exact) mass is 260 g/mol. The van der Waals surface area contributed by atoms with Gasteiger partial charge in [0.1, 0.15) is 0 Å². The minimum absolute atomic E-state index is 0.374. The van der Waals surface area contributed by atoms with E-state index in [-0.39, 0.29) is 5.78 Å². The molecule has 1 aromatic carbocycles. The molecule has 0 fully saturated rings. The van der Waals surface area contributed by atoms with Gasteiger partial charge in [-0.25, -0.2) is 0 Å². The van der Waals surface area contributed by atoms with Crippen molar-refractivity contribution >= 4 is 17.4 Å². The minimum Gasteiger partial charge on any atom is -0.315 e. The molecule has 1 heterocycles. The van der Waals surface area contributed by atoms with Crippen molar-refractivity contribution in [2.24, 2.45) is 0 Å². The van der Waals surface area contributed by atoms with Crippen molar-refractivity contribution in [3.05, 3.63) is 29.3 Å². The Morgan fingerprint density at radius 1 is 1.16 bits per heavy atom. The van der Waals surface area contributed by atoms with Gasteiger partial charge in [0.05, 0.1) is 11.3 Å². The van der Waals surface area contributed by atoms with E-state index in [0.717, 1.165) is 30.6 Å². The summed E-state index contributed by atoms with van der Waals surface area (Å²) in [7, 11) is 0. The van der Waals surface area contributed by atoms with Gasteiger partial charge in [0.15, 0.2) is 0 Å². The van der Waals surface area contributed by atoms with E-state index in [4.69, 9.17) is 0 Å². The molecule has 1 aromatic rings. The van der Waals surface area contributed by atoms with Crippen LogP contribution >= 0.6 is 0 Å². The summed E-state index contributed by atoms with van der Waals surface area (Å²) in [6.07, 6.45) is 1.93. The second-order valence-corrected chi connectivity index (χ2v) is 4.74. The summed E-state index contributed by atoms with van der Waals surface area (Å²) in [5, 5.41) is 3.25. The lowest BCUT2D eigenvalue weighted by Crippen LogP contribution is -2.36. The molecule has 0 atom stereocenters. The normalized spacial score (nSPS) is 14.1. The van der Waals surface area contributed by atoms with E-state index >= 15 is 0 Å². The quantitative estimate of drug-likeness (QED) is 0.626. The summed E-state index contributed by atoms with van der Waals surface area (Å²) in [4.78, 5) is 25.5. The van der Waals surface area contributed by atoms with Gasteiger partial charge in [-0.1, -0.05) is 19.9 Å². The van der Waals surface area contributed by atoms with Gasteiger partial charge in [-0.2, -0.15) is 0 Å². The zero-order valence-electron chi connectivity index (χ0n) is 11.5. The van der Waals surface area contributed by atoms with Crippen molar-refractivity contribution in [3.8, 4) is 0 Å². The van der Waals surface area contributed by atoms with Crippen LogP contribution < -0.4 is 10.2 Å². The number of anilines is 1. The lowest BCUT2D eigenvalue weighted by atomic mass is 10.1. The van der Waals surface area contributed by atoms with Gasteiger partial charge < -0.3 is 10.2 Å². The van der Waals surface area contributed by atoms with Gasteiger partial charge in [0, 0.05) is 13.1 Å². The maximum Gasteiger partial charge on any atom is 0.299 e. The number of nitrogens with zero attached hydrogens (tertiary/aromatic N) is 1. The number of Topliss-reactive ketones (excluding diaryl/α,β-unsaturated/α-hetero) is 1. The largest absolute Gasteiger partial charge is 0.315 e. The van der Waals surface area contributed by atoms with Crippen LogP contribution in [0.15, 0.2) is 18.2 Å².